The molecular formula is C32H35N3O4S. The maximum absolute atomic E-state index is 12.0. The van der Waals surface area contributed by atoms with Gasteiger partial charge in [-0.15, -0.1) is 11.3 Å². The van der Waals surface area contributed by atoms with E-state index >= 15 is 0 Å². The highest BCUT2D eigenvalue weighted by atomic mass is 32.1. The van der Waals surface area contributed by atoms with Gasteiger partial charge in [-0.1, -0.05) is 44.2 Å². The van der Waals surface area contributed by atoms with Crippen LogP contribution < -0.4 is 20.0 Å². The van der Waals surface area contributed by atoms with Crippen molar-refractivity contribution in [3.8, 4) is 28.5 Å². The van der Waals surface area contributed by atoms with Crippen molar-refractivity contribution < 1.29 is 19.4 Å². The van der Waals surface area contributed by atoms with Crippen LogP contribution in [0.3, 0.4) is 0 Å². The number of thiazole rings is 1. The van der Waals surface area contributed by atoms with Gasteiger partial charge in [0, 0.05) is 23.6 Å². The highest BCUT2D eigenvalue weighted by molar-refractivity contribution is 7.07. The van der Waals surface area contributed by atoms with E-state index in [1.807, 2.05) is 43.5 Å². The molecule has 7 nitrogen and oxygen atoms in total. The van der Waals surface area contributed by atoms with Crippen molar-refractivity contribution in [2.75, 3.05) is 13.2 Å². The summed E-state index contributed by atoms with van der Waals surface area (Å²) in [5.74, 6) is 1.38. The number of aromatic nitrogens is 1. The zero-order valence-electron chi connectivity index (χ0n) is 23.3. The van der Waals surface area contributed by atoms with Crippen molar-refractivity contribution in [2.45, 2.75) is 40.2 Å². The lowest BCUT2D eigenvalue weighted by molar-refractivity contribution is 0.0998. The first-order chi connectivity index (χ1) is 19.2. The predicted octanol–water partition coefficient (Wildman–Crippen LogP) is 6.49. The number of aromatic hydroxyl groups is 1. The number of nitrogens with zero attached hydrogens (tertiary/aromatic N) is 2. The van der Waals surface area contributed by atoms with Crippen molar-refractivity contribution in [3.05, 3.63) is 88.0 Å². The molecule has 1 fully saturated rings. The van der Waals surface area contributed by atoms with Crippen LogP contribution in [0.1, 0.15) is 49.5 Å². The summed E-state index contributed by atoms with van der Waals surface area (Å²) in [6.45, 7) is 10.3. The highest BCUT2D eigenvalue weighted by Crippen LogP contribution is 2.65. The van der Waals surface area contributed by atoms with E-state index in [0.717, 1.165) is 28.4 Å². The molecule has 8 heteroatoms. The lowest BCUT2D eigenvalue weighted by Crippen LogP contribution is -2.19. The van der Waals surface area contributed by atoms with Crippen LogP contribution in [0.2, 0.25) is 0 Å². The molecular weight excluding hydrogens is 522 g/mol. The van der Waals surface area contributed by atoms with Gasteiger partial charge < -0.3 is 24.9 Å². The fraction of sp³-hybridized carbons (Fsp3) is 0.312. The third kappa shape index (κ3) is 5.36. The second-order valence-electron chi connectivity index (χ2n) is 10.5. The molecule has 5 rings (SSSR count). The lowest BCUT2D eigenvalue weighted by atomic mass is 10.0. The number of amides is 1. The van der Waals surface area contributed by atoms with E-state index < -0.39 is 5.91 Å². The molecule has 1 aliphatic rings. The molecule has 208 valence electrons. The van der Waals surface area contributed by atoms with Gasteiger partial charge in [-0.3, -0.25) is 4.79 Å². The summed E-state index contributed by atoms with van der Waals surface area (Å²) >= 11 is 1.52. The molecule has 40 heavy (non-hydrogen) atoms. The highest BCUT2D eigenvalue weighted by Gasteiger charge is 2.58. The van der Waals surface area contributed by atoms with E-state index in [-0.39, 0.29) is 16.7 Å². The van der Waals surface area contributed by atoms with Gasteiger partial charge >= 0.3 is 0 Å². The number of carbonyl (C=O) groups excluding carboxylic acids is 1. The topological polar surface area (TPSA) is 99.1 Å². The Hall–Kier alpha value is -4.04. The minimum Gasteiger partial charge on any atom is -0.507 e. The first-order valence-electron chi connectivity index (χ1n) is 13.5. The third-order valence-electron chi connectivity index (χ3n) is 7.70. The summed E-state index contributed by atoms with van der Waals surface area (Å²) in [4.78, 5) is 17.9. The van der Waals surface area contributed by atoms with Crippen LogP contribution in [-0.2, 0) is 6.54 Å². The number of carbonyl (C=O) groups is 1. The molecule has 1 saturated carbocycles. The van der Waals surface area contributed by atoms with Crippen LogP contribution in [0.15, 0.2) is 77.1 Å². The van der Waals surface area contributed by atoms with E-state index in [4.69, 9.17) is 20.2 Å². The predicted molar refractivity (Wildman–Crippen MR) is 158 cm³/mol. The summed E-state index contributed by atoms with van der Waals surface area (Å²) in [5.41, 5.74) is 9.45. The second-order valence-corrected chi connectivity index (χ2v) is 11.4. The zero-order valence-corrected chi connectivity index (χ0v) is 24.1. The Balaban J connectivity index is 1.64. The minimum absolute atomic E-state index is 0.0886. The number of hydrogen-bond donors (Lipinski definition) is 2. The Morgan fingerprint density at radius 1 is 1.05 bits per heavy atom. The number of rotatable bonds is 10. The standard InChI is InChI=1S/C32H35N3O4S/c1-5-38-22-13-15-28(39-6-2)25(17-22)34-31-35(18-24-29(32(24,3)4)20-10-8-7-9-11-20)26(19-40-31)21-12-14-27(36)23(16-21)30(33)37/h7-17,19,24,29,36H,5-6,18H2,1-4H3,(H2,33,37)/t24-,29-/m1/s1. The van der Waals surface area contributed by atoms with Gasteiger partial charge in [-0.05, 0) is 67.0 Å². The Bertz CT molecular complexity index is 1590. The molecule has 4 aromatic rings. The molecule has 0 spiro atoms. The quantitative estimate of drug-likeness (QED) is 0.233. The molecule has 0 unspecified atom stereocenters. The minimum atomic E-state index is -0.674. The summed E-state index contributed by atoms with van der Waals surface area (Å²) in [7, 11) is 0. The number of benzene rings is 3. The molecule has 0 aliphatic heterocycles. The molecule has 0 bridgehead atoms. The van der Waals surface area contributed by atoms with E-state index in [1.54, 1.807) is 12.1 Å². The SMILES string of the molecule is CCOc1ccc(OCC)c(N=c2scc(-c3ccc(O)c(C(N)=O)c3)n2C[C@@H]2[C@@H](c3ccccc3)C2(C)C)c1. The summed E-state index contributed by atoms with van der Waals surface area (Å²) in [6.07, 6.45) is 0. The first-order valence-corrected chi connectivity index (χ1v) is 14.4. The van der Waals surface area contributed by atoms with Crippen LogP contribution in [-0.4, -0.2) is 28.8 Å². The van der Waals surface area contributed by atoms with Crippen LogP contribution in [0, 0.1) is 11.3 Å². The molecule has 0 radical (unpaired) electrons. The van der Waals surface area contributed by atoms with Gasteiger partial charge in [0.2, 0.25) is 0 Å². The van der Waals surface area contributed by atoms with E-state index in [2.05, 4.69) is 42.7 Å². The van der Waals surface area contributed by atoms with Crippen LogP contribution in [0.25, 0.3) is 11.3 Å². The van der Waals surface area contributed by atoms with Crippen molar-refractivity contribution in [1.82, 2.24) is 4.57 Å². The summed E-state index contributed by atoms with van der Waals surface area (Å²) in [6, 6.07) is 21.3. The average molecular weight is 558 g/mol. The van der Waals surface area contributed by atoms with Gasteiger partial charge in [0.15, 0.2) is 4.80 Å². The number of phenols is 1. The summed E-state index contributed by atoms with van der Waals surface area (Å²) in [5, 5.41) is 12.2. The number of nitrogens with two attached hydrogens (primary N) is 1. The lowest BCUT2D eigenvalue weighted by Gasteiger charge is -2.13. The number of primary amides is 1. The number of hydrogen-bond acceptors (Lipinski definition) is 6. The van der Waals surface area contributed by atoms with Gasteiger partial charge in [0.25, 0.3) is 5.91 Å². The Morgan fingerprint density at radius 2 is 1.80 bits per heavy atom. The number of ether oxygens (including phenoxy) is 2. The van der Waals surface area contributed by atoms with Gasteiger partial charge in [0.1, 0.15) is 22.9 Å². The van der Waals surface area contributed by atoms with E-state index in [0.29, 0.717) is 36.5 Å². The Kier molecular flexibility index (Phi) is 7.72. The average Bonchev–Trinajstić information content (AvgIpc) is 3.25. The Morgan fingerprint density at radius 3 is 2.50 bits per heavy atom. The molecule has 1 amide bonds. The van der Waals surface area contributed by atoms with Gasteiger partial charge in [-0.2, -0.15) is 0 Å². The molecule has 1 aromatic heterocycles. The smallest absolute Gasteiger partial charge is 0.252 e. The monoisotopic (exact) mass is 557 g/mol. The molecule has 3 aromatic carbocycles. The summed E-state index contributed by atoms with van der Waals surface area (Å²) < 4.78 is 13.9. The molecule has 3 N–H and O–H groups in total. The van der Waals surface area contributed by atoms with Crippen LogP contribution in [0.4, 0.5) is 5.69 Å². The van der Waals surface area contributed by atoms with Crippen LogP contribution in [0.5, 0.6) is 17.2 Å². The second kappa shape index (κ2) is 11.2. The largest absolute Gasteiger partial charge is 0.507 e. The first kappa shape index (κ1) is 27.5. The Labute approximate surface area is 238 Å². The van der Waals surface area contributed by atoms with Crippen molar-refractivity contribution >= 4 is 22.9 Å². The fourth-order valence-corrected chi connectivity index (χ4v) is 6.48. The molecule has 1 aliphatic carbocycles. The van der Waals surface area contributed by atoms with Crippen molar-refractivity contribution in [3.63, 3.8) is 0 Å². The molecule has 0 saturated heterocycles. The maximum Gasteiger partial charge on any atom is 0.252 e. The van der Waals surface area contributed by atoms with E-state index in [1.165, 1.54) is 23.0 Å². The zero-order chi connectivity index (χ0) is 28.4. The van der Waals surface area contributed by atoms with Crippen molar-refractivity contribution in [1.29, 1.82) is 0 Å². The molecule has 1 heterocycles. The van der Waals surface area contributed by atoms with Gasteiger partial charge in [0.05, 0.1) is 24.5 Å². The molecule has 2 atom stereocenters. The third-order valence-corrected chi connectivity index (χ3v) is 8.56. The van der Waals surface area contributed by atoms with Crippen molar-refractivity contribution in [2.24, 2.45) is 22.1 Å². The van der Waals surface area contributed by atoms with Gasteiger partial charge in [-0.25, -0.2) is 4.99 Å². The fourth-order valence-electron chi connectivity index (χ4n) is 5.54. The normalized spacial score (nSPS) is 17.9. The van der Waals surface area contributed by atoms with Crippen LogP contribution >= 0.6 is 11.3 Å². The maximum atomic E-state index is 12.0. The van der Waals surface area contributed by atoms with E-state index in [9.17, 15) is 9.90 Å².